The first-order valence-corrected chi connectivity index (χ1v) is 9.83. The van der Waals surface area contributed by atoms with Crippen LogP contribution in [0.25, 0.3) is 0 Å². The first kappa shape index (κ1) is 22.1. The molecule has 2 aromatic carbocycles. The molecule has 1 fully saturated rings. The third-order valence-corrected chi connectivity index (χ3v) is 4.96. The van der Waals surface area contributed by atoms with Gasteiger partial charge >= 0.3 is 11.9 Å². The minimum Gasteiger partial charge on any atom is -0.473 e. The molecule has 6 nitrogen and oxygen atoms in total. The summed E-state index contributed by atoms with van der Waals surface area (Å²) >= 11 is 3.55. The highest BCUT2D eigenvalue weighted by Crippen LogP contribution is 2.15. The number of halogens is 1. The van der Waals surface area contributed by atoms with Crippen LogP contribution in [0.5, 0.6) is 0 Å². The molecule has 2 N–H and O–H groups in total. The van der Waals surface area contributed by atoms with Crippen molar-refractivity contribution in [2.24, 2.45) is 0 Å². The Morgan fingerprint density at radius 3 is 1.82 bits per heavy atom. The number of aryl methyl sites for hydroxylation is 1. The van der Waals surface area contributed by atoms with Crippen molar-refractivity contribution in [3.05, 3.63) is 69.7 Å². The van der Waals surface area contributed by atoms with Crippen molar-refractivity contribution in [2.45, 2.75) is 20.0 Å². The van der Waals surface area contributed by atoms with Crippen LogP contribution >= 0.6 is 15.9 Å². The summed E-state index contributed by atoms with van der Waals surface area (Å²) in [5.74, 6) is -3.65. The van der Waals surface area contributed by atoms with Crippen LogP contribution in [0.4, 0.5) is 0 Å². The van der Waals surface area contributed by atoms with Crippen molar-refractivity contribution in [3.63, 3.8) is 0 Å². The molecule has 0 atom stereocenters. The normalized spacial score (nSPS) is 14.8. The van der Waals surface area contributed by atoms with Crippen molar-refractivity contribution < 1.29 is 19.8 Å². The number of carbonyl (C=O) groups is 2. The number of piperazine rings is 1. The molecule has 0 unspecified atom stereocenters. The Morgan fingerprint density at radius 1 is 0.857 bits per heavy atom. The van der Waals surface area contributed by atoms with E-state index in [4.69, 9.17) is 19.8 Å². The summed E-state index contributed by atoms with van der Waals surface area (Å²) in [4.78, 5) is 23.3. The standard InChI is InChI=1S/C19H23BrN2.C2H2O4/c1-16-5-7-17(8-6-16)14-21-9-11-22(12-10-21)15-18-3-2-4-19(20)13-18;3-1(4)2(5)6/h2-8,13H,9-12,14-15H2,1H3;(H,3,4)(H,5,6). The molecule has 2 aromatic rings. The number of aliphatic carboxylic acids is 2. The second-order valence-corrected chi connectivity index (χ2v) is 7.69. The van der Waals surface area contributed by atoms with Gasteiger partial charge in [-0.2, -0.15) is 0 Å². The smallest absolute Gasteiger partial charge is 0.414 e. The Morgan fingerprint density at radius 2 is 1.36 bits per heavy atom. The maximum atomic E-state index is 9.10. The predicted molar refractivity (Wildman–Crippen MR) is 111 cm³/mol. The number of rotatable bonds is 4. The van der Waals surface area contributed by atoms with Crippen molar-refractivity contribution in [1.29, 1.82) is 0 Å². The zero-order valence-electron chi connectivity index (χ0n) is 15.8. The van der Waals surface area contributed by atoms with Gasteiger partial charge in [0.1, 0.15) is 0 Å². The minimum absolute atomic E-state index is 1.05. The summed E-state index contributed by atoms with van der Waals surface area (Å²) < 4.78 is 1.17. The van der Waals surface area contributed by atoms with E-state index in [0.717, 1.165) is 39.3 Å². The fourth-order valence-corrected chi connectivity index (χ4v) is 3.40. The lowest BCUT2D eigenvalue weighted by Gasteiger charge is -2.34. The SMILES string of the molecule is Cc1ccc(CN2CCN(Cc3cccc(Br)c3)CC2)cc1.O=C(O)C(=O)O. The monoisotopic (exact) mass is 448 g/mol. The molecule has 150 valence electrons. The van der Waals surface area contributed by atoms with Crippen LogP contribution in [0.1, 0.15) is 16.7 Å². The Kier molecular flexibility index (Phi) is 8.63. The van der Waals surface area contributed by atoms with Gasteiger partial charge in [-0.05, 0) is 30.2 Å². The van der Waals surface area contributed by atoms with Gasteiger partial charge in [0.2, 0.25) is 0 Å². The third-order valence-electron chi connectivity index (χ3n) is 4.47. The molecular weight excluding hydrogens is 424 g/mol. The first-order valence-electron chi connectivity index (χ1n) is 9.04. The second kappa shape index (κ2) is 10.9. The number of carboxylic acids is 2. The Hall–Kier alpha value is -2.22. The van der Waals surface area contributed by atoms with Crippen LogP contribution in [0, 0.1) is 6.92 Å². The lowest BCUT2D eigenvalue weighted by atomic mass is 10.1. The maximum Gasteiger partial charge on any atom is 0.414 e. The number of hydrogen-bond donors (Lipinski definition) is 2. The molecule has 0 aliphatic carbocycles. The van der Waals surface area contributed by atoms with E-state index in [1.165, 1.54) is 21.2 Å². The van der Waals surface area contributed by atoms with E-state index >= 15 is 0 Å². The van der Waals surface area contributed by atoms with Gasteiger partial charge in [0.05, 0.1) is 0 Å². The number of hydrogen-bond acceptors (Lipinski definition) is 4. The molecule has 0 amide bonds. The predicted octanol–water partition coefficient (Wildman–Crippen LogP) is 3.23. The summed E-state index contributed by atoms with van der Waals surface area (Å²) in [5.41, 5.74) is 4.15. The van der Waals surface area contributed by atoms with E-state index in [2.05, 4.69) is 81.2 Å². The number of benzene rings is 2. The van der Waals surface area contributed by atoms with E-state index in [1.54, 1.807) is 0 Å². The Bertz CT molecular complexity index is 775. The zero-order valence-corrected chi connectivity index (χ0v) is 17.4. The topological polar surface area (TPSA) is 81.1 Å². The molecule has 1 saturated heterocycles. The van der Waals surface area contributed by atoms with Gasteiger partial charge in [0.25, 0.3) is 0 Å². The number of nitrogens with zero attached hydrogens (tertiary/aromatic N) is 2. The minimum atomic E-state index is -1.82. The van der Waals surface area contributed by atoms with Gasteiger partial charge in [-0.25, -0.2) is 9.59 Å². The Labute approximate surface area is 173 Å². The van der Waals surface area contributed by atoms with Crippen LogP contribution in [-0.2, 0) is 22.7 Å². The molecule has 1 aliphatic heterocycles. The van der Waals surface area contributed by atoms with Gasteiger partial charge in [-0.15, -0.1) is 0 Å². The van der Waals surface area contributed by atoms with Crippen molar-refractivity contribution in [1.82, 2.24) is 9.80 Å². The van der Waals surface area contributed by atoms with E-state index < -0.39 is 11.9 Å². The fourth-order valence-electron chi connectivity index (χ4n) is 2.95. The molecule has 3 rings (SSSR count). The molecule has 0 saturated carbocycles. The lowest BCUT2D eigenvalue weighted by molar-refractivity contribution is -0.159. The summed E-state index contributed by atoms with van der Waals surface area (Å²) in [7, 11) is 0. The van der Waals surface area contributed by atoms with Crippen LogP contribution in [0.2, 0.25) is 0 Å². The zero-order chi connectivity index (χ0) is 20.5. The van der Waals surface area contributed by atoms with E-state index in [9.17, 15) is 0 Å². The average molecular weight is 449 g/mol. The second-order valence-electron chi connectivity index (χ2n) is 6.78. The lowest BCUT2D eigenvalue weighted by Crippen LogP contribution is -2.45. The van der Waals surface area contributed by atoms with Gasteiger partial charge < -0.3 is 10.2 Å². The third kappa shape index (κ3) is 7.80. The molecule has 0 bridgehead atoms. The van der Waals surface area contributed by atoms with Crippen LogP contribution in [0.15, 0.2) is 53.0 Å². The first-order chi connectivity index (χ1) is 13.3. The molecule has 1 aliphatic rings. The summed E-state index contributed by atoms with van der Waals surface area (Å²) in [6.07, 6.45) is 0. The summed E-state index contributed by atoms with van der Waals surface area (Å²) in [5, 5.41) is 14.8. The summed E-state index contributed by atoms with van der Waals surface area (Å²) in [6.45, 7) is 8.88. The quantitative estimate of drug-likeness (QED) is 0.698. The van der Waals surface area contributed by atoms with Gasteiger partial charge in [-0.3, -0.25) is 9.80 Å². The van der Waals surface area contributed by atoms with Crippen LogP contribution < -0.4 is 0 Å². The highest BCUT2D eigenvalue weighted by Gasteiger charge is 2.17. The van der Waals surface area contributed by atoms with Crippen LogP contribution in [-0.4, -0.2) is 58.1 Å². The van der Waals surface area contributed by atoms with E-state index in [0.29, 0.717) is 0 Å². The Balaban J connectivity index is 0.000000409. The molecule has 0 spiro atoms. The van der Waals surface area contributed by atoms with E-state index in [-0.39, 0.29) is 0 Å². The number of carboxylic acid groups (broad SMARTS) is 2. The van der Waals surface area contributed by atoms with Crippen molar-refractivity contribution in [2.75, 3.05) is 26.2 Å². The fraction of sp³-hybridized carbons (Fsp3) is 0.333. The van der Waals surface area contributed by atoms with Gasteiger partial charge in [0, 0.05) is 43.7 Å². The van der Waals surface area contributed by atoms with Crippen LogP contribution in [0.3, 0.4) is 0 Å². The molecule has 1 heterocycles. The van der Waals surface area contributed by atoms with Gasteiger partial charge in [-0.1, -0.05) is 57.9 Å². The molecule has 0 aromatic heterocycles. The maximum absolute atomic E-state index is 9.10. The largest absolute Gasteiger partial charge is 0.473 e. The van der Waals surface area contributed by atoms with E-state index in [1.807, 2.05) is 0 Å². The van der Waals surface area contributed by atoms with Crippen molar-refractivity contribution >= 4 is 27.9 Å². The molecular formula is C21H25BrN2O4. The highest BCUT2D eigenvalue weighted by molar-refractivity contribution is 9.10. The van der Waals surface area contributed by atoms with Gasteiger partial charge in [0.15, 0.2) is 0 Å². The highest BCUT2D eigenvalue weighted by atomic mass is 79.9. The van der Waals surface area contributed by atoms with Crippen molar-refractivity contribution in [3.8, 4) is 0 Å². The summed E-state index contributed by atoms with van der Waals surface area (Å²) in [6, 6.07) is 17.6. The molecule has 28 heavy (non-hydrogen) atoms. The molecule has 0 radical (unpaired) electrons. The average Bonchev–Trinajstić information content (AvgIpc) is 2.66. The molecule has 7 heteroatoms.